The second kappa shape index (κ2) is 8.18. The minimum absolute atomic E-state index is 0.00565. The summed E-state index contributed by atoms with van der Waals surface area (Å²) in [5.41, 5.74) is 2.68. The van der Waals surface area contributed by atoms with Crippen molar-refractivity contribution in [1.29, 1.82) is 0 Å². The van der Waals surface area contributed by atoms with Crippen LogP contribution in [0.3, 0.4) is 0 Å². The lowest BCUT2D eigenvalue weighted by Crippen LogP contribution is -2.39. The van der Waals surface area contributed by atoms with E-state index in [1.54, 1.807) is 4.90 Å². The van der Waals surface area contributed by atoms with Crippen molar-refractivity contribution in [2.24, 2.45) is 5.92 Å². The van der Waals surface area contributed by atoms with Crippen LogP contribution in [0.5, 0.6) is 0 Å². The second-order valence-corrected chi connectivity index (χ2v) is 6.52. The fraction of sp³-hybridized carbons (Fsp3) is 0.611. The third-order valence-electron chi connectivity index (χ3n) is 4.40. The minimum atomic E-state index is 0.00565. The fourth-order valence-corrected chi connectivity index (χ4v) is 2.83. The number of nitrogens with one attached hydrogen (secondary N) is 1. The molecule has 122 valence electrons. The van der Waals surface area contributed by atoms with E-state index in [0.29, 0.717) is 19.0 Å². The SMILES string of the molecule is CC(C)c1ccc(CCCNC(=O)N2CCC(CO)C2)cc1. The Bertz CT molecular complexity index is 470. The Balaban J connectivity index is 1.65. The van der Waals surface area contributed by atoms with Crippen molar-refractivity contribution in [1.82, 2.24) is 10.2 Å². The molecular weight excluding hydrogens is 276 g/mol. The number of amides is 2. The molecule has 1 aromatic carbocycles. The third kappa shape index (κ3) is 4.73. The molecule has 0 bridgehead atoms. The summed E-state index contributed by atoms with van der Waals surface area (Å²) in [6.45, 7) is 6.71. The molecule has 1 aromatic rings. The van der Waals surface area contributed by atoms with E-state index in [9.17, 15) is 4.79 Å². The van der Waals surface area contributed by atoms with Gasteiger partial charge in [0.2, 0.25) is 0 Å². The predicted octanol–water partition coefficient (Wildman–Crippen LogP) is 2.77. The summed E-state index contributed by atoms with van der Waals surface area (Å²) >= 11 is 0. The molecule has 2 N–H and O–H groups in total. The molecule has 22 heavy (non-hydrogen) atoms. The summed E-state index contributed by atoms with van der Waals surface area (Å²) < 4.78 is 0. The number of hydrogen-bond acceptors (Lipinski definition) is 2. The van der Waals surface area contributed by atoms with Crippen LogP contribution in [0.2, 0.25) is 0 Å². The molecule has 0 radical (unpaired) electrons. The minimum Gasteiger partial charge on any atom is -0.396 e. The van der Waals surface area contributed by atoms with Gasteiger partial charge in [0.1, 0.15) is 0 Å². The van der Waals surface area contributed by atoms with Crippen LogP contribution < -0.4 is 5.32 Å². The van der Waals surface area contributed by atoms with E-state index in [4.69, 9.17) is 5.11 Å². The lowest BCUT2D eigenvalue weighted by molar-refractivity contribution is 0.198. The van der Waals surface area contributed by atoms with Crippen molar-refractivity contribution < 1.29 is 9.90 Å². The average Bonchev–Trinajstić information content (AvgIpc) is 3.01. The summed E-state index contributed by atoms with van der Waals surface area (Å²) in [6.07, 6.45) is 2.84. The van der Waals surface area contributed by atoms with Gasteiger partial charge in [-0.15, -0.1) is 0 Å². The Labute approximate surface area is 133 Å². The van der Waals surface area contributed by atoms with Crippen LogP contribution in [0, 0.1) is 5.92 Å². The molecular formula is C18H28N2O2. The van der Waals surface area contributed by atoms with E-state index < -0.39 is 0 Å². The first kappa shape index (κ1) is 16.8. The molecule has 1 heterocycles. The van der Waals surface area contributed by atoms with Gasteiger partial charge < -0.3 is 15.3 Å². The topological polar surface area (TPSA) is 52.6 Å². The molecule has 1 atom stereocenters. The largest absolute Gasteiger partial charge is 0.396 e. The Morgan fingerprint density at radius 3 is 2.68 bits per heavy atom. The molecule has 1 saturated heterocycles. The number of urea groups is 1. The van der Waals surface area contributed by atoms with Crippen molar-refractivity contribution in [3.63, 3.8) is 0 Å². The number of carbonyl (C=O) groups excluding carboxylic acids is 1. The molecule has 1 aliphatic heterocycles. The number of carbonyl (C=O) groups is 1. The van der Waals surface area contributed by atoms with Gasteiger partial charge in [-0.3, -0.25) is 0 Å². The van der Waals surface area contributed by atoms with Gasteiger partial charge in [0, 0.05) is 32.2 Å². The van der Waals surface area contributed by atoms with Crippen LogP contribution in [-0.2, 0) is 6.42 Å². The maximum atomic E-state index is 12.0. The number of benzene rings is 1. The average molecular weight is 304 g/mol. The van der Waals surface area contributed by atoms with Crippen LogP contribution in [0.25, 0.3) is 0 Å². The first-order valence-electron chi connectivity index (χ1n) is 8.32. The Hall–Kier alpha value is -1.55. The van der Waals surface area contributed by atoms with Crippen LogP contribution >= 0.6 is 0 Å². The zero-order valence-electron chi connectivity index (χ0n) is 13.7. The number of hydrogen-bond donors (Lipinski definition) is 2. The molecule has 4 heteroatoms. The number of aliphatic hydroxyl groups is 1. The van der Waals surface area contributed by atoms with Crippen LogP contribution in [-0.4, -0.2) is 42.3 Å². The van der Waals surface area contributed by atoms with E-state index in [-0.39, 0.29) is 18.6 Å². The maximum absolute atomic E-state index is 12.0. The highest BCUT2D eigenvalue weighted by molar-refractivity contribution is 5.74. The van der Waals surface area contributed by atoms with Gasteiger partial charge in [-0.05, 0) is 36.3 Å². The first-order valence-corrected chi connectivity index (χ1v) is 8.32. The first-order chi connectivity index (χ1) is 10.6. The Morgan fingerprint density at radius 2 is 2.09 bits per heavy atom. The van der Waals surface area contributed by atoms with Crippen molar-refractivity contribution in [2.75, 3.05) is 26.2 Å². The zero-order chi connectivity index (χ0) is 15.9. The second-order valence-electron chi connectivity index (χ2n) is 6.52. The molecule has 4 nitrogen and oxygen atoms in total. The van der Waals surface area contributed by atoms with Crippen molar-refractivity contribution >= 4 is 6.03 Å². The van der Waals surface area contributed by atoms with Gasteiger partial charge in [-0.1, -0.05) is 38.1 Å². The highest BCUT2D eigenvalue weighted by atomic mass is 16.3. The molecule has 1 unspecified atom stereocenters. The molecule has 0 aromatic heterocycles. The van der Waals surface area contributed by atoms with Crippen LogP contribution in [0.4, 0.5) is 4.79 Å². The summed E-state index contributed by atoms with van der Waals surface area (Å²) in [4.78, 5) is 13.8. The standard InChI is InChI=1S/C18H28N2O2/c1-14(2)17-7-5-15(6-8-17)4-3-10-19-18(22)20-11-9-16(12-20)13-21/h5-8,14,16,21H,3-4,9-13H2,1-2H3,(H,19,22). The predicted molar refractivity (Wildman–Crippen MR) is 89.0 cm³/mol. The van der Waals surface area contributed by atoms with Gasteiger partial charge in [0.05, 0.1) is 0 Å². The van der Waals surface area contributed by atoms with Gasteiger partial charge in [0.25, 0.3) is 0 Å². The lowest BCUT2D eigenvalue weighted by atomic mass is 10.0. The summed E-state index contributed by atoms with van der Waals surface area (Å²) in [5.74, 6) is 0.821. The van der Waals surface area contributed by atoms with Crippen LogP contribution in [0.1, 0.15) is 43.7 Å². The quantitative estimate of drug-likeness (QED) is 0.794. The molecule has 2 rings (SSSR count). The summed E-state index contributed by atoms with van der Waals surface area (Å²) in [6, 6.07) is 8.76. The van der Waals surface area contributed by atoms with Crippen molar-refractivity contribution in [3.8, 4) is 0 Å². The van der Waals surface area contributed by atoms with E-state index >= 15 is 0 Å². The zero-order valence-corrected chi connectivity index (χ0v) is 13.7. The molecule has 0 spiro atoms. The number of aliphatic hydroxyl groups excluding tert-OH is 1. The van der Waals surface area contributed by atoms with Crippen molar-refractivity contribution in [2.45, 2.75) is 39.0 Å². The number of aryl methyl sites for hydroxylation is 1. The van der Waals surface area contributed by atoms with Crippen LogP contribution in [0.15, 0.2) is 24.3 Å². The Morgan fingerprint density at radius 1 is 1.36 bits per heavy atom. The number of likely N-dealkylation sites (tertiary alicyclic amines) is 1. The van der Waals surface area contributed by atoms with Crippen molar-refractivity contribution in [3.05, 3.63) is 35.4 Å². The van der Waals surface area contributed by atoms with E-state index in [1.165, 1.54) is 11.1 Å². The molecule has 1 aliphatic rings. The monoisotopic (exact) mass is 304 g/mol. The van der Waals surface area contributed by atoms with Gasteiger partial charge in [0.15, 0.2) is 0 Å². The molecule has 0 aliphatic carbocycles. The molecule has 2 amide bonds. The Kier molecular flexibility index (Phi) is 6.25. The highest BCUT2D eigenvalue weighted by Crippen LogP contribution is 2.16. The van der Waals surface area contributed by atoms with E-state index in [0.717, 1.165) is 25.8 Å². The van der Waals surface area contributed by atoms with E-state index in [1.807, 2.05) is 0 Å². The fourth-order valence-electron chi connectivity index (χ4n) is 2.83. The summed E-state index contributed by atoms with van der Waals surface area (Å²) in [5, 5.41) is 12.1. The summed E-state index contributed by atoms with van der Waals surface area (Å²) in [7, 11) is 0. The van der Waals surface area contributed by atoms with E-state index in [2.05, 4.69) is 43.4 Å². The van der Waals surface area contributed by atoms with Gasteiger partial charge in [-0.2, -0.15) is 0 Å². The maximum Gasteiger partial charge on any atom is 0.317 e. The third-order valence-corrected chi connectivity index (χ3v) is 4.40. The highest BCUT2D eigenvalue weighted by Gasteiger charge is 2.25. The van der Waals surface area contributed by atoms with Gasteiger partial charge in [-0.25, -0.2) is 4.79 Å². The lowest BCUT2D eigenvalue weighted by Gasteiger charge is -2.17. The number of nitrogens with zero attached hydrogens (tertiary/aromatic N) is 1. The van der Waals surface area contributed by atoms with Gasteiger partial charge >= 0.3 is 6.03 Å². The molecule has 0 saturated carbocycles. The normalized spacial score (nSPS) is 18.0. The molecule has 1 fully saturated rings. The number of rotatable bonds is 6. The smallest absolute Gasteiger partial charge is 0.317 e.